The zero-order valence-corrected chi connectivity index (χ0v) is 15.2. The van der Waals surface area contributed by atoms with Gasteiger partial charge in [0.2, 0.25) is 0 Å². The molecule has 2 rings (SSSR count). The molecule has 0 N–H and O–H groups in total. The van der Waals surface area contributed by atoms with Crippen molar-refractivity contribution < 1.29 is 14.4 Å². The molecule has 2 aromatic carbocycles. The largest absolute Gasteiger partial charge is 0.465 e. The van der Waals surface area contributed by atoms with Crippen LogP contribution in [0, 0.1) is 0 Å². The Balaban J connectivity index is 1.86. The summed E-state index contributed by atoms with van der Waals surface area (Å²) in [5.41, 5.74) is 2.18. The molecule has 25 heavy (non-hydrogen) atoms. The van der Waals surface area contributed by atoms with E-state index in [0.717, 1.165) is 16.0 Å². The van der Waals surface area contributed by atoms with Gasteiger partial charge in [0.1, 0.15) is 6.61 Å². The first-order valence-electron chi connectivity index (χ1n) is 7.92. The van der Waals surface area contributed by atoms with Crippen LogP contribution in [-0.4, -0.2) is 19.3 Å². The molecule has 130 valence electrons. The van der Waals surface area contributed by atoms with E-state index >= 15 is 0 Å². The van der Waals surface area contributed by atoms with Gasteiger partial charge in [0.05, 0.1) is 12.0 Å². The Morgan fingerprint density at radius 1 is 1.12 bits per heavy atom. The van der Waals surface area contributed by atoms with Crippen molar-refractivity contribution in [3.05, 3.63) is 76.7 Å². The van der Waals surface area contributed by atoms with Crippen molar-refractivity contribution in [2.24, 2.45) is 5.16 Å². The second kappa shape index (κ2) is 10.4. The van der Waals surface area contributed by atoms with Gasteiger partial charge in [-0.25, -0.2) is 4.79 Å². The molecule has 0 saturated carbocycles. The minimum Gasteiger partial charge on any atom is -0.465 e. The van der Waals surface area contributed by atoms with Crippen molar-refractivity contribution in [2.45, 2.75) is 24.8 Å². The van der Waals surface area contributed by atoms with Crippen molar-refractivity contribution in [3.63, 3.8) is 0 Å². The van der Waals surface area contributed by atoms with Gasteiger partial charge in [-0.15, -0.1) is 0 Å². The third-order valence-corrected chi connectivity index (χ3v) is 4.44. The summed E-state index contributed by atoms with van der Waals surface area (Å²) in [7, 11) is 1.38. The van der Waals surface area contributed by atoms with Crippen LogP contribution in [0.2, 0.25) is 0 Å². The Morgan fingerprint density at radius 2 is 1.88 bits per heavy atom. The molecule has 0 unspecified atom stereocenters. The predicted octanol–water partition coefficient (Wildman–Crippen LogP) is 4.60. The fourth-order valence-corrected chi connectivity index (χ4v) is 2.96. The Morgan fingerprint density at radius 3 is 2.60 bits per heavy atom. The zero-order chi connectivity index (χ0) is 17.9. The van der Waals surface area contributed by atoms with Crippen molar-refractivity contribution in [2.75, 3.05) is 7.11 Å². The molecule has 0 radical (unpaired) electrons. The number of esters is 1. The quantitative estimate of drug-likeness (QED) is 0.228. The standard InChI is InChI=1S/C20H21NO3S/c1-3-19(20(22)23-2)25-18-11-7-10-16(14-18)12-13-21-24-15-17-8-5-4-6-9-17/h3-11,13-14H,12,15H2,1-2H3. The second-order valence-electron chi connectivity index (χ2n) is 5.15. The Hall–Kier alpha value is -2.53. The number of thioether (sulfide) groups is 1. The van der Waals surface area contributed by atoms with Gasteiger partial charge in [0.25, 0.3) is 0 Å². The minimum atomic E-state index is -0.325. The number of rotatable bonds is 8. The third kappa shape index (κ3) is 6.47. The summed E-state index contributed by atoms with van der Waals surface area (Å²) in [5.74, 6) is -0.325. The number of carbonyl (C=O) groups excluding carboxylic acids is 1. The monoisotopic (exact) mass is 355 g/mol. The number of allylic oxidation sites excluding steroid dienone is 1. The fraction of sp³-hybridized carbons (Fsp3) is 0.200. The third-order valence-electron chi connectivity index (χ3n) is 3.33. The highest BCUT2D eigenvalue weighted by Crippen LogP contribution is 2.28. The molecule has 0 heterocycles. The van der Waals surface area contributed by atoms with Crippen LogP contribution in [0.15, 0.2) is 75.6 Å². The maximum atomic E-state index is 11.6. The summed E-state index contributed by atoms with van der Waals surface area (Å²) in [4.78, 5) is 18.5. The first kappa shape index (κ1) is 18.8. The molecule has 0 aliphatic rings. The summed E-state index contributed by atoms with van der Waals surface area (Å²) < 4.78 is 4.77. The van der Waals surface area contributed by atoms with Crippen LogP contribution in [0.25, 0.3) is 0 Å². The number of nitrogens with zero attached hydrogens (tertiary/aromatic N) is 1. The number of carbonyl (C=O) groups is 1. The molecule has 0 aromatic heterocycles. The van der Waals surface area contributed by atoms with Gasteiger partial charge in [-0.3, -0.25) is 0 Å². The number of methoxy groups -OCH3 is 1. The van der Waals surface area contributed by atoms with Gasteiger partial charge < -0.3 is 9.57 Å². The zero-order valence-electron chi connectivity index (χ0n) is 14.3. The molecule has 0 fully saturated rings. The highest BCUT2D eigenvalue weighted by atomic mass is 32.2. The van der Waals surface area contributed by atoms with Crippen LogP contribution in [0.4, 0.5) is 0 Å². The number of hydrogen-bond donors (Lipinski definition) is 0. The molecular formula is C20H21NO3S. The lowest BCUT2D eigenvalue weighted by Gasteiger charge is -2.06. The van der Waals surface area contributed by atoms with Gasteiger partial charge in [0.15, 0.2) is 0 Å². The van der Waals surface area contributed by atoms with E-state index in [4.69, 9.17) is 9.57 Å². The van der Waals surface area contributed by atoms with Crippen LogP contribution in [0.1, 0.15) is 18.1 Å². The second-order valence-corrected chi connectivity index (χ2v) is 6.26. The number of hydrogen-bond acceptors (Lipinski definition) is 5. The van der Waals surface area contributed by atoms with Crippen molar-refractivity contribution in [1.82, 2.24) is 0 Å². The van der Waals surface area contributed by atoms with E-state index in [9.17, 15) is 4.79 Å². The van der Waals surface area contributed by atoms with Crippen molar-refractivity contribution in [1.29, 1.82) is 0 Å². The average molecular weight is 355 g/mol. The van der Waals surface area contributed by atoms with E-state index in [1.54, 1.807) is 12.3 Å². The highest BCUT2D eigenvalue weighted by Gasteiger charge is 2.10. The lowest BCUT2D eigenvalue weighted by atomic mass is 10.2. The SMILES string of the molecule is CC=C(Sc1cccc(CC=NOCc2ccccc2)c1)C(=O)OC. The van der Waals surface area contributed by atoms with Gasteiger partial charge >= 0.3 is 5.97 Å². The number of oxime groups is 1. The van der Waals surface area contributed by atoms with E-state index in [0.29, 0.717) is 17.9 Å². The predicted molar refractivity (Wildman–Crippen MR) is 101 cm³/mol. The molecule has 0 atom stereocenters. The fourth-order valence-electron chi connectivity index (χ4n) is 2.06. The Labute approximate surface area is 152 Å². The van der Waals surface area contributed by atoms with Gasteiger partial charge in [-0.2, -0.15) is 0 Å². The van der Waals surface area contributed by atoms with Crippen LogP contribution in [-0.2, 0) is 27.4 Å². The van der Waals surface area contributed by atoms with E-state index in [1.807, 2.05) is 61.5 Å². The minimum absolute atomic E-state index is 0.325. The van der Waals surface area contributed by atoms with Gasteiger partial charge in [-0.05, 0) is 30.2 Å². The van der Waals surface area contributed by atoms with E-state index in [2.05, 4.69) is 5.16 Å². The molecule has 4 nitrogen and oxygen atoms in total. The smallest absolute Gasteiger partial charge is 0.344 e. The molecule has 0 bridgehead atoms. The molecule has 0 spiro atoms. The molecule has 0 saturated heterocycles. The molecule has 5 heteroatoms. The van der Waals surface area contributed by atoms with Gasteiger partial charge in [0, 0.05) is 17.5 Å². The molecule has 0 aliphatic heterocycles. The Kier molecular flexibility index (Phi) is 7.79. The number of benzene rings is 2. The molecule has 2 aromatic rings. The maximum absolute atomic E-state index is 11.6. The molecule has 0 amide bonds. The van der Waals surface area contributed by atoms with E-state index in [-0.39, 0.29) is 5.97 Å². The van der Waals surface area contributed by atoms with Crippen LogP contribution >= 0.6 is 11.8 Å². The topological polar surface area (TPSA) is 47.9 Å². The number of ether oxygens (including phenoxy) is 1. The highest BCUT2D eigenvalue weighted by molar-refractivity contribution is 8.04. The first-order valence-corrected chi connectivity index (χ1v) is 8.73. The van der Waals surface area contributed by atoms with Crippen LogP contribution < -0.4 is 0 Å². The summed E-state index contributed by atoms with van der Waals surface area (Å²) in [6.07, 6.45) is 4.15. The first-order chi connectivity index (χ1) is 12.2. The maximum Gasteiger partial charge on any atom is 0.344 e. The Bertz CT molecular complexity index is 742. The molecular weight excluding hydrogens is 334 g/mol. The summed E-state index contributed by atoms with van der Waals surface area (Å²) in [6, 6.07) is 17.9. The average Bonchev–Trinajstić information content (AvgIpc) is 2.66. The summed E-state index contributed by atoms with van der Waals surface area (Å²) in [5, 5.41) is 3.99. The van der Waals surface area contributed by atoms with Gasteiger partial charge in [-0.1, -0.05) is 65.5 Å². The lowest BCUT2D eigenvalue weighted by Crippen LogP contribution is -2.01. The van der Waals surface area contributed by atoms with Crippen molar-refractivity contribution in [3.8, 4) is 0 Å². The summed E-state index contributed by atoms with van der Waals surface area (Å²) in [6.45, 7) is 2.27. The lowest BCUT2D eigenvalue weighted by molar-refractivity contribution is -0.135. The van der Waals surface area contributed by atoms with Crippen molar-refractivity contribution >= 4 is 23.9 Å². The van der Waals surface area contributed by atoms with Crippen LogP contribution in [0.5, 0.6) is 0 Å². The molecule has 0 aliphatic carbocycles. The normalized spacial score (nSPS) is 11.5. The summed E-state index contributed by atoms with van der Waals surface area (Å²) >= 11 is 1.39. The van der Waals surface area contributed by atoms with Crippen LogP contribution in [0.3, 0.4) is 0 Å². The van der Waals surface area contributed by atoms with E-state index < -0.39 is 0 Å². The van der Waals surface area contributed by atoms with E-state index in [1.165, 1.54) is 18.9 Å².